The Hall–Kier alpha value is -1.83. The third-order valence-electron chi connectivity index (χ3n) is 3.34. The van der Waals surface area contributed by atoms with E-state index in [-0.39, 0.29) is 17.6 Å². The molecule has 0 bridgehead atoms. The van der Waals surface area contributed by atoms with Crippen molar-refractivity contribution in [2.45, 2.75) is 39.8 Å². The molecule has 0 N–H and O–H groups in total. The maximum absolute atomic E-state index is 6.07. The molecule has 0 radical (unpaired) electrons. The van der Waals surface area contributed by atoms with Crippen LogP contribution in [-0.4, -0.2) is 18.0 Å². The van der Waals surface area contributed by atoms with Crippen LogP contribution >= 0.6 is 0 Å². The summed E-state index contributed by atoms with van der Waals surface area (Å²) in [5.74, 6) is 0.813. The average Bonchev–Trinajstić information content (AvgIpc) is 2.84. The molecule has 2 nitrogen and oxygen atoms in total. The summed E-state index contributed by atoms with van der Waals surface area (Å²) in [6.07, 6.45) is 3.98. The van der Waals surface area contributed by atoms with E-state index in [4.69, 9.17) is 4.74 Å². The Kier molecular flexibility index (Phi) is 4.12. The molecular formula is C18H23NO. The Morgan fingerprint density at radius 3 is 2.45 bits per heavy atom. The first kappa shape index (κ1) is 14.6. The number of benzene rings is 1. The summed E-state index contributed by atoms with van der Waals surface area (Å²) in [6.45, 7) is 12.3. The highest BCUT2D eigenvalue weighted by atomic mass is 16.5. The third kappa shape index (κ3) is 3.19. The quantitative estimate of drug-likeness (QED) is 0.741. The van der Waals surface area contributed by atoms with Gasteiger partial charge in [-0.2, -0.15) is 0 Å². The molecule has 2 atom stereocenters. The molecule has 0 saturated heterocycles. The molecule has 20 heavy (non-hydrogen) atoms. The zero-order chi connectivity index (χ0) is 14.8. The van der Waals surface area contributed by atoms with Gasteiger partial charge in [-0.25, -0.2) is 4.99 Å². The summed E-state index contributed by atoms with van der Waals surface area (Å²) in [6, 6.07) is 10.3. The molecule has 1 aliphatic heterocycles. The number of nitrogens with zero attached hydrogens (tertiary/aromatic N) is 1. The second-order valence-electron chi connectivity index (χ2n) is 6.25. The Balaban J connectivity index is 2.22. The Morgan fingerprint density at radius 2 is 1.90 bits per heavy atom. The Labute approximate surface area is 121 Å². The van der Waals surface area contributed by atoms with E-state index in [1.807, 2.05) is 24.3 Å². The molecule has 2 rings (SSSR count). The minimum atomic E-state index is -0.0664. The first-order chi connectivity index (χ1) is 9.41. The van der Waals surface area contributed by atoms with Crippen molar-refractivity contribution < 1.29 is 4.74 Å². The van der Waals surface area contributed by atoms with Crippen LogP contribution in [0.1, 0.15) is 33.3 Å². The smallest absolute Gasteiger partial charge is 0.190 e. The number of hydrogen-bond donors (Lipinski definition) is 0. The van der Waals surface area contributed by atoms with Crippen molar-refractivity contribution in [3.8, 4) is 0 Å². The van der Waals surface area contributed by atoms with E-state index in [0.717, 1.165) is 5.90 Å². The highest BCUT2D eigenvalue weighted by molar-refractivity contribution is 5.84. The molecule has 0 spiro atoms. The van der Waals surface area contributed by atoms with Crippen LogP contribution < -0.4 is 0 Å². The van der Waals surface area contributed by atoms with Crippen molar-refractivity contribution >= 4 is 12.0 Å². The fourth-order valence-corrected chi connectivity index (χ4v) is 2.23. The molecule has 1 aromatic carbocycles. The van der Waals surface area contributed by atoms with Gasteiger partial charge >= 0.3 is 0 Å². The fraction of sp³-hybridized carbons (Fsp3) is 0.389. The van der Waals surface area contributed by atoms with Gasteiger partial charge in [0.1, 0.15) is 12.1 Å². The van der Waals surface area contributed by atoms with Crippen LogP contribution in [0.15, 0.2) is 53.6 Å². The van der Waals surface area contributed by atoms with Crippen LogP contribution in [0.2, 0.25) is 0 Å². The molecular weight excluding hydrogens is 246 g/mol. The lowest BCUT2D eigenvalue weighted by Gasteiger charge is -2.21. The van der Waals surface area contributed by atoms with Gasteiger partial charge in [0.25, 0.3) is 0 Å². The molecule has 0 aliphatic carbocycles. The second kappa shape index (κ2) is 5.66. The number of aliphatic imine (C=N–C) groups is 1. The van der Waals surface area contributed by atoms with Crippen molar-refractivity contribution in [2.24, 2.45) is 10.4 Å². The summed E-state index contributed by atoms with van der Waals surface area (Å²) in [4.78, 5) is 4.66. The summed E-state index contributed by atoms with van der Waals surface area (Å²) in [5.41, 5.74) is 2.29. The van der Waals surface area contributed by atoms with Gasteiger partial charge < -0.3 is 4.74 Å². The van der Waals surface area contributed by atoms with E-state index in [9.17, 15) is 0 Å². The van der Waals surface area contributed by atoms with Crippen LogP contribution in [0, 0.1) is 5.41 Å². The number of ether oxygens (including phenoxy) is 1. The zero-order valence-electron chi connectivity index (χ0n) is 12.8. The van der Waals surface area contributed by atoms with Gasteiger partial charge in [0.05, 0.1) is 0 Å². The highest BCUT2D eigenvalue weighted by Crippen LogP contribution is 2.30. The van der Waals surface area contributed by atoms with E-state index in [1.165, 1.54) is 11.1 Å². The lowest BCUT2D eigenvalue weighted by Crippen LogP contribution is -2.26. The fourth-order valence-electron chi connectivity index (χ4n) is 2.23. The normalized spacial score (nSPS) is 23.2. The Morgan fingerprint density at radius 1 is 1.25 bits per heavy atom. The van der Waals surface area contributed by atoms with Crippen LogP contribution in [0.5, 0.6) is 0 Å². The molecule has 2 heteroatoms. The molecule has 1 heterocycles. The topological polar surface area (TPSA) is 21.6 Å². The summed E-state index contributed by atoms with van der Waals surface area (Å²) in [7, 11) is 0. The van der Waals surface area contributed by atoms with Gasteiger partial charge in [-0.3, -0.25) is 0 Å². The molecule has 1 aliphatic rings. The molecule has 0 fully saturated rings. The summed E-state index contributed by atoms with van der Waals surface area (Å²) >= 11 is 0. The van der Waals surface area contributed by atoms with Crippen LogP contribution in [0.3, 0.4) is 0 Å². The molecule has 2 unspecified atom stereocenters. The van der Waals surface area contributed by atoms with Crippen molar-refractivity contribution in [3.05, 3.63) is 54.1 Å². The van der Waals surface area contributed by atoms with Gasteiger partial charge in [-0.1, -0.05) is 63.3 Å². The maximum Gasteiger partial charge on any atom is 0.190 e. The molecule has 1 aromatic rings. The second-order valence-corrected chi connectivity index (χ2v) is 6.25. The minimum absolute atomic E-state index is 0.00388. The van der Waals surface area contributed by atoms with Gasteiger partial charge in [0.2, 0.25) is 0 Å². The zero-order valence-corrected chi connectivity index (χ0v) is 12.8. The van der Waals surface area contributed by atoms with Gasteiger partial charge in [0, 0.05) is 5.41 Å². The van der Waals surface area contributed by atoms with Gasteiger partial charge in [-0.15, -0.1) is 6.58 Å². The number of rotatable bonds is 3. The van der Waals surface area contributed by atoms with Crippen LogP contribution in [-0.2, 0) is 4.74 Å². The standard InChI is InChI=1S/C18H23NO/c1-6-15-16(20-17(19-15)18(3,4)5)13(2)12-14-10-8-7-9-11-14/h6-12,15-16H,1H2,2-5H3/b13-12-. The van der Waals surface area contributed by atoms with Crippen molar-refractivity contribution in [1.82, 2.24) is 0 Å². The van der Waals surface area contributed by atoms with Crippen molar-refractivity contribution in [2.75, 3.05) is 0 Å². The molecule has 0 aromatic heterocycles. The minimum Gasteiger partial charge on any atom is -0.470 e. The van der Waals surface area contributed by atoms with E-state index in [2.05, 4.69) is 57.5 Å². The van der Waals surface area contributed by atoms with Crippen molar-refractivity contribution in [1.29, 1.82) is 0 Å². The number of hydrogen-bond acceptors (Lipinski definition) is 2. The van der Waals surface area contributed by atoms with Crippen LogP contribution in [0.25, 0.3) is 6.08 Å². The van der Waals surface area contributed by atoms with E-state index in [1.54, 1.807) is 0 Å². The lowest BCUT2D eigenvalue weighted by atomic mass is 9.97. The summed E-state index contributed by atoms with van der Waals surface area (Å²) in [5, 5.41) is 0. The van der Waals surface area contributed by atoms with E-state index >= 15 is 0 Å². The molecule has 0 saturated carbocycles. The van der Waals surface area contributed by atoms with Gasteiger partial charge in [-0.05, 0) is 18.1 Å². The predicted octanol–water partition coefficient (Wildman–Crippen LogP) is 4.49. The third-order valence-corrected chi connectivity index (χ3v) is 3.34. The van der Waals surface area contributed by atoms with Crippen molar-refractivity contribution in [3.63, 3.8) is 0 Å². The Bertz CT molecular complexity index is 534. The first-order valence-electron chi connectivity index (χ1n) is 7.02. The first-order valence-corrected chi connectivity index (χ1v) is 7.02. The molecule has 0 amide bonds. The largest absolute Gasteiger partial charge is 0.470 e. The van der Waals surface area contributed by atoms with E-state index < -0.39 is 0 Å². The summed E-state index contributed by atoms with van der Waals surface area (Å²) < 4.78 is 6.07. The van der Waals surface area contributed by atoms with Gasteiger partial charge in [0.15, 0.2) is 5.90 Å². The predicted molar refractivity (Wildman–Crippen MR) is 85.8 cm³/mol. The van der Waals surface area contributed by atoms with E-state index in [0.29, 0.717) is 0 Å². The highest BCUT2D eigenvalue weighted by Gasteiger charge is 2.35. The average molecular weight is 269 g/mol. The maximum atomic E-state index is 6.07. The van der Waals surface area contributed by atoms with Crippen LogP contribution in [0.4, 0.5) is 0 Å². The monoisotopic (exact) mass is 269 g/mol. The SMILES string of the molecule is C=CC1N=C(C(C)(C)C)OC1/C(C)=C\c1ccccc1. The lowest BCUT2D eigenvalue weighted by molar-refractivity contribution is 0.219. The molecule has 106 valence electrons.